The minimum atomic E-state index is -0.252. The summed E-state index contributed by atoms with van der Waals surface area (Å²) in [5.74, 6) is 0.777. The highest BCUT2D eigenvalue weighted by Crippen LogP contribution is 2.27. The molecule has 2 aromatic carbocycles. The molecule has 8 heteroatoms. The van der Waals surface area contributed by atoms with Crippen molar-refractivity contribution in [3.05, 3.63) is 65.7 Å². The smallest absolute Gasteiger partial charge is 0.265 e. The van der Waals surface area contributed by atoms with E-state index in [9.17, 15) is 14.4 Å². The molecule has 0 radical (unpaired) electrons. The van der Waals surface area contributed by atoms with E-state index in [0.29, 0.717) is 61.6 Å². The maximum atomic E-state index is 13.3. The second-order valence-electron chi connectivity index (χ2n) is 8.65. The number of likely N-dealkylation sites (tertiary alicyclic amines) is 1. The molecule has 35 heavy (non-hydrogen) atoms. The van der Waals surface area contributed by atoms with Crippen LogP contribution >= 0.6 is 0 Å². The Morgan fingerprint density at radius 3 is 2.29 bits per heavy atom. The molecule has 2 fully saturated rings. The average Bonchev–Trinajstić information content (AvgIpc) is 3.41. The molecule has 3 amide bonds. The lowest BCUT2D eigenvalue weighted by Gasteiger charge is -2.35. The first-order chi connectivity index (χ1) is 17.0. The van der Waals surface area contributed by atoms with Crippen molar-refractivity contribution < 1.29 is 23.9 Å². The number of piperidine rings is 1. The normalized spacial score (nSPS) is 16.6. The SMILES string of the molecule is COc1ccc(OC)c(C=CC(=O)N2CCCN2C(=O)C2CCN(C(=O)c3ccccc3)CC2)c1. The van der Waals surface area contributed by atoms with Crippen LogP contribution in [0.3, 0.4) is 0 Å². The largest absolute Gasteiger partial charge is 0.497 e. The highest BCUT2D eigenvalue weighted by atomic mass is 16.5. The predicted octanol–water partition coefficient (Wildman–Crippen LogP) is 3.25. The van der Waals surface area contributed by atoms with Gasteiger partial charge < -0.3 is 14.4 Å². The number of hydrogen-bond acceptors (Lipinski definition) is 5. The van der Waals surface area contributed by atoms with Gasteiger partial charge in [0.15, 0.2) is 0 Å². The average molecular weight is 478 g/mol. The van der Waals surface area contributed by atoms with Gasteiger partial charge in [0.05, 0.1) is 14.2 Å². The van der Waals surface area contributed by atoms with Crippen molar-refractivity contribution in [1.29, 1.82) is 0 Å². The van der Waals surface area contributed by atoms with E-state index in [-0.39, 0.29) is 23.6 Å². The molecule has 2 aliphatic heterocycles. The van der Waals surface area contributed by atoms with Gasteiger partial charge in [-0.1, -0.05) is 18.2 Å². The molecule has 0 aromatic heterocycles. The number of carbonyl (C=O) groups is 3. The van der Waals surface area contributed by atoms with Crippen LogP contribution in [0.5, 0.6) is 11.5 Å². The molecular formula is C27H31N3O5. The van der Waals surface area contributed by atoms with Gasteiger partial charge in [0.1, 0.15) is 11.5 Å². The van der Waals surface area contributed by atoms with Crippen molar-refractivity contribution in [2.45, 2.75) is 19.3 Å². The summed E-state index contributed by atoms with van der Waals surface area (Å²) in [7, 11) is 3.15. The number of hydrazine groups is 1. The number of carbonyl (C=O) groups excluding carboxylic acids is 3. The maximum Gasteiger partial charge on any atom is 0.265 e. The van der Waals surface area contributed by atoms with Crippen LogP contribution in [0.15, 0.2) is 54.6 Å². The van der Waals surface area contributed by atoms with Gasteiger partial charge >= 0.3 is 0 Å². The summed E-state index contributed by atoms with van der Waals surface area (Å²) in [5, 5.41) is 3.10. The number of methoxy groups -OCH3 is 2. The quantitative estimate of drug-likeness (QED) is 0.597. The topological polar surface area (TPSA) is 79.4 Å². The standard InChI is InChI=1S/C27H31N3O5/c1-34-23-10-11-24(35-2)22(19-23)9-12-25(31)29-15-6-16-30(29)27(33)21-13-17-28(18-14-21)26(32)20-7-4-3-5-8-20/h3-5,7-12,19,21H,6,13-18H2,1-2H3. The molecule has 0 bridgehead atoms. The number of hydrogen-bond donors (Lipinski definition) is 0. The summed E-state index contributed by atoms with van der Waals surface area (Å²) in [6.07, 6.45) is 5.06. The van der Waals surface area contributed by atoms with Crippen molar-refractivity contribution in [3.63, 3.8) is 0 Å². The first kappa shape index (κ1) is 24.3. The van der Waals surface area contributed by atoms with E-state index in [4.69, 9.17) is 9.47 Å². The molecule has 2 saturated heterocycles. The summed E-state index contributed by atoms with van der Waals surface area (Å²) in [6.45, 7) is 2.07. The Kier molecular flexibility index (Phi) is 7.70. The number of benzene rings is 2. The Bertz CT molecular complexity index is 1090. The molecule has 2 aliphatic rings. The first-order valence-corrected chi connectivity index (χ1v) is 11.9. The summed E-state index contributed by atoms with van der Waals surface area (Å²) < 4.78 is 10.6. The Balaban J connectivity index is 1.37. The van der Waals surface area contributed by atoms with Crippen molar-refractivity contribution in [2.75, 3.05) is 40.4 Å². The van der Waals surface area contributed by atoms with E-state index in [1.54, 1.807) is 48.4 Å². The van der Waals surface area contributed by atoms with Crippen LogP contribution in [0.4, 0.5) is 0 Å². The molecule has 0 saturated carbocycles. The molecule has 0 spiro atoms. The van der Waals surface area contributed by atoms with Gasteiger partial charge in [0.2, 0.25) is 5.91 Å². The third kappa shape index (κ3) is 5.48. The van der Waals surface area contributed by atoms with Gasteiger partial charge in [-0.05, 0) is 55.7 Å². The molecule has 0 aliphatic carbocycles. The van der Waals surface area contributed by atoms with E-state index in [1.807, 2.05) is 30.3 Å². The number of ether oxygens (including phenoxy) is 2. The predicted molar refractivity (Wildman–Crippen MR) is 132 cm³/mol. The maximum absolute atomic E-state index is 13.3. The van der Waals surface area contributed by atoms with Gasteiger partial charge in [-0.3, -0.25) is 19.4 Å². The Morgan fingerprint density at radius 1 is 0.886 bits per heavy atom. The fourth-order valence-electron chi connectivity index (χ4n) is 4.59. The van der Waals surface area contributed by atoms with Crippen LogP contribution in [0.1, 0.15) is 35.2 Å². The first-order valence-electron chi connectivity index (χ1n) is 11.9. The van der Waals surface area contributed by atoms with Crippen molar-refractivity contribution in [2.24, 2.45) is 5.92 Å². The van der Waals surface area contributed by atoms with E-state index in [0.717, 1.165) is 6.42 Å². The number of amides is 3. The van der Waals surface area contributed by atoms with Gasteiger partial charge in [0.25, 0.3) is 11.8 Å². The molecule has 0 unspecified atom stereocenters. The van der Waals surface area contributed by atoms with Gasteiger partial charge in [-0.15, -0.1) is 0 Å². The van der Waals surface area contributed by atoms with Crippen LogP contribution in [-0.4, -0.2) is 73.0 Å². The Morgan fingerprint density at radius 2 is 1.60 bits per heavy atom. The second-order valence-corrected chi connectivity index (χ2v) is 8.65. The fraction of sp³-hybridized carbons (Fsp3) is 0.370. The third-order valence-corrected chi connectivity index (χ3v) is 6.53. The number of nitrogens with zero attached hydrogens (tertiary/aromatic N) is 3. The van der Waals surface area contributed by atoms with E-state index in [2.05, 4.69) is 0 Å². The van der Waals surface area contributed by atoms with Crippen LogP contribution in [0, 0.1) is 5.92 Å². The highest BCUT2D eigenvalue weighted by Gasteiger charge is 2.36. The van der Waals surface area contributed by atoms with Crippen LogP contribution in [-0.2, 0) is 9.59 Å². The van der Waals surface area contributed by atoms with Crippen molar-refractivity contribution in [3.8, 4) is 11.5 Å². The van der Waals surface area contributed by atoms with E-state index >= 15 is 0 Å². The molecule has 0 N–H and O–H groups in total. The minimum absolute atomic E-state index is 0.00687. The monoisotopic (exact) mass is 477 g/mol. The van der Waals surface area contributed by atoms with Gasteiger partial charge in [0, 0.05) is 49.3 Å². The molecule has 4 rings (SSSR count). The lowest BCUT2D eigenvalue weighted by Crippen LogP contribution is -2.49. The van der Waals surface area contributed by atoms with E-state index in [1.165, 1.54) is 11.1 Å². The molecule has 8 nitrogen and oxygen atoms in total. The van der Waals surface area contributed by atoms with Crippen LogP contribution < -0.4 is 9.47 Å². The summed E-state index contributed by atoms with van der Waals surface area (Å²) in [5.41, 5.74) is 1.38. The molecule has 0 atom stereocenters. The third-order valence-electron chi connectivity index (χ3n) is 6.53. The lowest BCUT2D eigenvalue weighted by atomic mass is 9.95. The zero-order chi connectivity index (χ0) is 24.8. The molecule has 2 aromatic rings. The van der Waals surface area contributed by atoms with Crippen LogP contribution in [0.25, 0.3) is 6.08 Å². The Labute approximate surface area is 205 Å². The second kappa shape index (κ2) is 11.1. The van der Waals surface area contributed by atoms with Crippen molar-refractivity contribution in [1.82, 2.24) is 14.9 Å². The van der Waals surface area contributed by atoms with Gasteiger partial charge in [-0.2, -0.15) is 0 Å². The minimum Gasteiger partial charge on any atom is -0.497 e. The fourth-order valence-corrected chi connectivity index (χ4v) is 4.59. The molecular weight excluding hydrogens is 446 g/mol. The summed E-state index contributed by atoms with van der Waals surface area (Å²) in [4.78, 5) is 40.8. The number of rotatable bonds is 6. The molecule has 2 heterocycles. The van der Waals surface area contributed by atoms with E-state index < -0.39 is 0 Å². The zero-order valence-corrected chi connectivity index (χ0v) is 20.2. The zero-order valence-electron chi connectivity index (χ0n) is 20.2. The highest BCUT2D eigenvalue weighted by molar-refractivity contribution is 5.95. The molecule has 184 valence electrons. The Hall–Kier alpha value is -3.81. The summed E-state index contributed by atoms with van der Waals surface area (Å²) in [6, 6.07) is 14.6. The van der Waals surface area contributed by atoms with Crippen molar-refractivity contribution >= 4 is 23.8 Å². The van der Waals surface area contributed by atoms with Gasteiger partial charge in [-0.25, -0.2) is 5.01 Å². The van der Waals surface area contributed by atoms with Crippen LogP contribution in [0.2, 0.25) is 0 Å². The summed E-state index contributed by atoms with van der Waals surface area (Å²) >= 11 is 0. The lowest BCUT2D eigenvalue weighted by molar-refractivity contribution is -0.158.